The van der Waals surface area contributed by atoms with Gasteiger partial charge in [0.25, 0.3) is 0 Å². The first-order valence-electron chi connectivity index (χ1n) is 9.56. The van der Waals surface area contributed by atoms with E-state index in [4.69, 9.17) is 0 Å². The minimum atomic E-state index is 0.864. The smallest absolute Gasteiger partial charge is 0.193 e. The Morgan fingerprint density at radius 1 is 1.16 bits per heavy atom. The molecule has 0 aromatic carbocycles. The molecule has 6 nitrogen and oxygen atoms in total. The van der Waals surface area contributed by atoms with Gasteiger partial charge in [-0.1, -0.05) is 6.07 Å². The number of hydrogen-bond donors (Lipinski definition) is 1. The van der Waals surface area contributed by atoms with Crippen LogP contribution in [-0.2, 0) is 0 Å². The molecular formula is C19H32N6. The highest BCUT2D eigenvalue weighted by Crippen LogP contribution is 2.19. The number of likely N-dealkylation sites (tertiary alicyclic amines) is 1. The zero-order valence-electron chi connectivity index (χ0n) is 15.7. The number of aliphatic imine (C=N–C) groups is 1. The van der Waals surface area contributed by atoms with E-state index in [-0.39, 0.29) is 0 Å². The number of hydrogen-bond acceptors (Lipinski definition) is 4. The fourth-order valence-corrected chi connectivity index (χ4v) is 3.76. The summed E-state index contributed by atoms with van der Waals surface area (Å²) in [6, 6.07) is 6.11. The van der Waals surface area contributed by atoms with Crippen LogP contribution < -0.4 is 10.2 Å². The van der Waals surface area contributed by atoms with Crippen LogP contribution in [0.15, 0.2) is 29.4 Å². The lowest BCUT2D eigenvalue weighted by atomic mass is 9.94. The molecule has 3 rings (SSSR count). The van der Waals surface area contributed by atoms with Crippen LogP contribution in [0.4, 0.5) is 5.82 Å². The van der Waals surface area contributed by atoms with E-state index in [9.17, 15) is 0 Å². The molecule has 25 heavy (non-hydrogen) atoms. The van der Waals surface area contributed by atoms with E-state index >= 15 is 0 Å². The molecule has 2 aliphatic rings. The monoisotopic (exact) mass is 344 g/mol. The van der Waals surface area contributed by atoms with Gasteiger partial charge in [0, 0.05) is 46.0 Å². The number of aromatic nitrogens is 1. The second-order valence-electron chi connectivity index (χ2n) is 7.17. The van der Waals surface area contributed by atoms with Crippen molar-refractivity contribution in [3.8, 4) is 0 Å². The molecule has 2 saturated heterocycles. The molecule has 2 aliphatic heterocycles. The fourth-order valence-electron chi connectivity index (χ4n) is 3.76. The summed E-state index contributed by atoms with van der Waals surface area (Å²) in [5, 5.41) is 3.58. The molecular weight excluding hydrogens is 312 g/mol. The van der Waals surface area contributed by atoms with Gasteiger partial charge >= 0.3 is 0 Å². The van der Waals surface area contributed by atoms with Crippen molar-refractivity contribution in [2.24, 2.45) is 10.9 Å². The number of anilines is 1. The molecule has 1 N–H and O–H groups in total. The molecule has 3 heterocycles. The summed E-state index contributed by atoms with van der Waals surface area (Å²) in [5.74, 6) is 2.99. The van der Waals surface area contributed by atoms with E-state index in [0.29, 0.717) is 0 Å². The first-order chi connectivity index (χ1) is 12.3. The fraction of sp³-hybridized carbons (Fsp3) is 0.684. The van der Waals surface area contributed by atoms with Crippen LogP contribution in [0.25, 0.3) is 0 Å². The molecule has 0 atom stereocenters. The third kappa shape index (κ3) is 5.08. The lowest BCUT2D eigenvalue weighted by molar-refractivity contribution is 0.212. The van der Waals surface area contributed by atoms with Crippen molar-refractivity contribution in [3.63, 3.8) is 0 Å². The quantitative estimate of drug-likeness (QED) is 0.663. The molecule has 0 amide bonds. The number of rotatable bonds is 4. The Labute approximate surface area is 151 Å². The van der Waals surface area contributed by atoms with Gasteiger partial charge in [-0.2, -0.15) is 0 Å². The highest BCUT2D eigenvalue weighted by Gasteiger charge is 2.21. The summed E-state index contributed by atoms with van der Waals surface area (Å²) in [7, 11) is 4.12. The maximum Gasteiger partial charge on any atom is 0.193 e. The number of pyridine rings is 1. The van der Waals surface area contributed by atoms with Crippen LogP contribution in [0.5, 0.6) is 0 Å². The number of nitrogens with zero attached hydrogens (tertiary/aromatic N) is 5. The van der Waals surface area contributed by atoms with Gasteiger partial charge in [-0.3, -0.25) is 4.99 Å². The van der Waals surface area contributed by atoms with E-state index in [0.717, 1.165) is 50.4 Å². The lowest BCUT2D eigenvalue weighted by Crippen LogP contribution is -2.53. The van der Waals surface area contributed by atoms with Crippen molar-refractivity contribution in [2.45, 2.75) is 19.3 Å². The van der Waals surface area contributed by atoms with Crippen LogP contribution in [-0.4, -0.2) is 80.7 Å². The second kappa shape index (κ2) is 9.04. The largest absolute Gasteiger partial charge is 0.356 e. The van der Waals surface area contributed by atoms with Crippen LogP contribution in [0.3, 0.4) is 0 Å². The SMILES string of the molecule is CN=C(NCCC1CCN(C)CC1)N1CCN(c2ccccn2)CC1. The Morgan fingerprint density at radius 3 is 2.56 bits per heavy atom. The summed E-state index contributed by atoms with van der Waals surface area (Å²) in [5.41, 5.74) is 0. The van der Waals surface area contributed by atoms with Gasteiger partial charge in [-0.25, -0.2) is 4.98 Å². The second-order valence-corrected chi connectivity index (χ2v) is 7.17. The minimum absolute atomic E-state index is 0.864. The molecule has 0 unspecified atom stereocenters. The molecule has 1 aromatic rings. The molecule has 2 fully saturated rings. The molecule has 6 heteroatoms. The van der Waals surface area contributed by atoms with Crippen molar-refractivity contribution in [2.75, 3.05) is 64.8 Å². The van der Waals surface area contributed by atoms with Crippen LogP contribution >= 0.6 is 0 Å². The van der Waals surface area contributed by atoms with Crippen LogP contribution in [0.2, 0.25) is 0 Å². The van der Waals surface area contributed by atoms with Gasteiger partial charge in [0.15, 0.2) is 5.96 Å². The molecule has 0 bridgehead atoms. The Balaban J connectivity index is 1.40. The Morgan fingerprint density at radius 2 is 1.92 bits per heavy atom. The van der Waals surface area contributed by atoms with E-state index in [2.05, 4.69) is 49.2 Å². The topological polar surface area (TPSA) is 47.0 Å². The Kier molecular flexibility index (Phi) is 6.50. The molecule has 1 aromatic heterocycles. The molecule has 138 valence electrons. The first kappa shape index (κ1) is 18.0. The molecule has 0 aliphatic carbocycles. The molecule has 0 spiro atoms. The van der Waals surface area contributed by atoms with Gasteiger partial charge in [0.1, 0.15) is 5.82 Å². The summed E-state index contributed by atoms with van der Waals surface area (Å²) in [4.78, 5) is 16.1. The summed E-state index contributed by atoms with van der Waals surface area (Å²) in [6.45, 7) is 7.49. The van der Waals surface area contributed by atoms with Gasteiger partial charge in [-0.05, 0) is 57.5 Å². The van der Waals surface area contributed by atoms with Crippen LogP contribution in [0, 0.1) is 5.92 Å². The maximum absolute atomic E-state index is 4.49. The third-order valence-electron chi connectivity index (χ3n) is 5.44. The van der Waals surface area contributed by atoms with Gasteiger partial charge < -0.3 is 20.0 Å². The van der Waals surface area contributed by atoms with Crippen molar-refractivity contribution in [3.05, 3.63) is 24.4 Å². The van der Waals surface area contributed by atoms with Crippen molar-refractivity contribution >= 4 is 11.8 Å². The van der Waals surface area contributed by atoms with Gasteiger partial charge in [0.2, 0.25) is 0 Å². The van der Waals surface area contributed by atoms with Crippen LogP contribution in [0.1, 0.15) is 19.3 Å². The normalized spacial score (nSPS) is 20.8. The zero-order chi connectivity index (χ0) is 17.5. The first-order valence-corrected chi connectivity index (χ1v) is 9.56. The number of nitrogens with one attached hydrogen (secondary N) is 1. The van der Waals surface area contributed by atoms with E-state index in [1.165, 1.54) is 32.4 Å². The number of guanidine groups is 1. The standard InChI is InChI=1S/C19H32N6/c1-20-19(22-10-6-17-7-11-23(2)12-8-17)25-15-13-24(14-16-25)18-5-3-4-9-21-18/h3-5,9,17H,6-8,10-16H2,1-2H3,(H,20,22). The third-order valence-corrected chi connectivity index (χ3v) is 5.44. The summed E-state index contributed by atoms with van der Waals surface area (Å²) in [6.07, 6.45) is 5.78. The average Bonchev–Trinajstić information content (AvgIpc) is 2.68. The van der Waals surface area contributed by atoms with Crippen molar-refractivity contribution < 1.29 is 0 Å². The van der Waals surface area contributed by atoms with E-state index in [1.54, 1.807) is 0 Å². The van der Waals surface area contributed by atoms with Crippen molar-refractivity contribution in [1.82, 2.24) is 20.1 Å². The van der Waals surface area contributed by atoms with E-state index < -0.39 is 0 Å². The highest BCUT2D eigenvalue weighted by molar-refractivity contribution is 5.80. The molecule has 0 saturated carbocycles. The summed E-state index contributed by atoms with van der Waals surface area (Å²) < 4.78 is 0. The summed E-state index contributed by atoms with van der Waals surface area (Å²) >= 11 is 0. The molecule has 0 radical (unpaired) electrons. The van der Waals surface area contributed by atoms with Gasteiger partial charge in [0.05, 0.1) is 0 Å². The predicted molar refractivity (Wildman–Crippen MR) is 104 cm³/mol. The van der Waals surface area contributed by atoms with E-state index in [1.807, 2.05) is 19.3 Å². The average molecular weight is 345 g/mol. The Bertz CT molecular complexity index is 530. The number of piperidine rings is 1. The Hall–Kier alpha value is -1.82. The van der Waals surface area contributed by atoms with Gasteiger partial charge in [-0.15, -0.1) is 0 Å². The highest BCUT2D eigenvalue weighted by atomic mass is 15.4. The predicted octanol–water partition coefficient (Wildman–Crippen LogP) is 1.51. The lowest BCUT2D eigenvalue weighted by Gasteiger charge is -2.37. The maximum atomic E-state index is 4.49. The zero-order valence-corrected chi connectivity index (χ0v) is 15.7. The van der Waals surface area contributed by atoms with Crippen molar-refractivity contribution in [1.29, 1.82) is 0 Å². The minimum Gasteiger partial charge on any atom is -0.356 e. The number of piperazine rings is 1.